The van der Waals surface area contributed by atoms with Crippen molar-refractivity contribution in [3.05, 3.63) is 34.9 Å². The van der Waals surface area contributed by atoms with E-state index in [1.54, 1.807) is 16.7 Å². The first kappa shape index (κ1) is 17.2. The normalized spacial score (nSPS) is 21.6. The zero-order valence-corrected chi connectivity index (χ0v) is 14.1. The molecule has 22 heavy (non-hydrogen) atoms. The van der Waals surface area contributed by atoms with Crippen LogP contribution in [0.3, 0.4) is 0 Å². The second-order valence-electron chi connectivity index (χ2n) is 5.53. The van der Waals surface area contributed by atoms with Gasteiger partial charge in [-0.05, 0) is 37.5 Å². The van der Waals surface area contributed by atoms with Gasteiger partial charge >= 0.3 is 5.97 Å². The highest BCUT2D eigenvalue weighted by molar-refractivity contribution is 7.99. The highest BCUT2D eigenvalue weighted by atomic mass is 35.5. The molecule has 6 heteroatoms. The Hall–Kier alpha value is -1.20. The van der Waals surface area contributed by atoms with E-state index in [0.29, 0.717) is 23.7 Å². The van der Waals surface area contributed by atoms with Gasteiger partial charge in [0.2, 0.25) is 5.91 Å². The summed E-state index contributed by atoms with van der Waals surface area (Å²) in [5.74, 6) is -0.109. The Kier molecular flexibility index (Phi) is 6.15. The minimum absolute atomic E-state index is 0.0254. The summed E-state index contributed by atoms with van der Waals surface area (Å²) in [6, 6.07) is 7.34. The maximum atomic E-state index is 12.3. The molecular formula is C16H20ClNO3S. The summed E-state index contributed by atoms with van der Waals surface area (Å²) in [6.45, 7) is 2.49. The molecule has 1 aliphatic heterocycles. The van der Waals surface area contributed by atoms with Gasteiger partial charge in [-0.15, -0.1) is 11.8 Å². The van der Waals surface area contributed by atoms with Crippen molar-refractivity contribution in [3.8, 4) is 0 Å². The number of piperidine rings is 1. The number of benzene rings is 1. The third kappa shape index (κ3) is 4.40. The summed E-state index contributed by atoms with van der Waals surface area (Å²) in [5.41, 5.74) is 1.12. The lowest BCUT2D eigenvalue weighted by atomic mass is 9.90. The minimum Gasteiger partial charge on any atom is -0.481 e. The Morgan fingerprint density at radius 2 is 2.05 bits per heavy atom. The number of carboxylic acid groups (broad SMARTS) is 1. The van der Waals surface area contributed by atoms with Crippen LogP contribution in [0.5, 0.6) is 0 Å². The van der Waals surface area contributed by atoms with Gasteiger partial charge in [0.1, 0.15) is 0 Å². The molecule has 2 atom stereocenters. The van der Waals surface area contributed by atoms with Crippen molar-refractivity contribution in [2.45, 2.75) is 31.6 Å². The molecule has 1 fully saturated rings. The molecule has 0 saturated carbocycles. The van der Waals surface area contributed by atoms with Crippen molar-refractivity contribution in [3.63, 3.8) is 0 Å². The summed E-state index contributed by atoms with van der Waals surface area (Å²) in [6.07, 6.45) is 1.41. The number of thioether (sulfide) groups is 1. The van der Waals surface area contributed by atoms with E-state index in [2.05, 4.69) is 0 Å². The number of amides is 1. The van der Waals surface area contributed by atoms with Crippen LogP contribution in [0.25, 0.3) is 0 Å². The fourth-order valence-corrected chi connectivity index (χ4v) is 3.74. The zero-order chi connectivity index (χ0) is 16.1. The molecule has 1 aliphatic rings. The van der Waals surface area contributed by atoms with E-state index in [1.807, 2.05) is 31.2 Å². The van der Waals surface area contributed by atoms with Crippen LogP contribution >= 0.6 is 23.4 Å². The van der Waals surface area contributed by atoms with E-state index >= 15 is 0 Å². The first-order chi connectivity index (χ1) is 10.5. The molecule has 1 heterocycles. The minimum atomic E-state index is -0.807. The van der Waals surface area contributed by atoms with Gasteiger partial charge in [0.25, 0.3) is 0 Å². The maximum Gasteiger partial charge on any atom is 0.308 e. The van der Waals surface area contributed by atoms with Gasteiger partial charge in [-0.25, -0.2) is 0 Å². The van der Waals surface area contributed by atoms with E-state index in [1.165, 1.54) is 0 Å². The average molecular weight is 342 g/mol. The van der Waals surface area contributed by atoms with Crippen LogP contribution in [0, 0.1) is 5.92 Å². The molecular weight excluding hydrogens is 322 g/mol. The summed E-state index contributed by atoms with van der Waals surface area (Å²) in [7, 11) is 0. The predicted octanol–water partition coefficient (Wildman–Crippen LogP) is 3.28. The number of carbonyl (C=O) groups is 2. The lowest BCUT2D eigenvalue weighted by Crippen LogP contribution is -2.49. The van der Waals surface area contributed by atoms with Crippen LogP contribution in [0.1, 0.15) is 25.3 Å². The lowest BCUT2D eigenvalue weighted by Gasteiger charge is -2.37. The number of halogens is 1. The Balaban J connectivity index is 1.83. The molecule has 120 valence electrons. The number of hydrogen-bond acceptors (Lipinski definition) is 3. The first-order valence-corrected chi connectivity index (χ1v) is 8.86. The van der Waals surface area contributed by atoms with E-state index in [4.69, 9.17) is 11.6 Å². The number of aliphatic carboxylic acids is 1. The van der Waals surface area contributed by atoms with E-state index < -0.39 is 11.9 Å². The first-order valence-electron chi connectivity index (χ1n) is 7.33. The standard InChI is InChI=1S/C16H20ClNO3S/c1-11-14(16(20)21)3-2-8-18(11)15(19)10-22-9-12-4-6-13(17)7-5-12/h4-7,11,14H,2-3,8-10H2,1H3,(H,20,21)/t11-,14-/m1/s1. The lowest BCUT2D eigenvalue weighted by molar-refractivity contribution is -0.148. The quantitative estimate of drug-likeness (QED) is 0.892. The third-order valence-electron chi connectivity index (χ3n) is 4.03. The van der Waals surface area contributed by atoms with E-state index in [0.717, 1.165) is 17.7 Å². The fourth-order valence-electron chi connectivity index (χ4n) is 2.74. The topological polar surface area (TPSA) is 57.6 Å². The average Bonchev–Trinajstić information content (AvgIpc) is 2.49. The van der Waals surface area contributed by atoms with Crippen LogP contribution in [-0.2, 0) is 15.3 Å². The van der Waals surface area contributed by atoms with Gasteiger partial charge in [-0.1, -0.05) is 23.7 Å². The Morgan fingerprint density at radius 1 is 1.36 bits per heavy atom. The summed E-state index contributed by atoms with van der Waals surface area (Å²) in [4.78, 5) is 25.2. The highest BCUT2D eigenvalue weighted by Gasteiger charge is 2.34. The molecule has 0 unspecified atom stereocenters. The van der Waals surface area contributed by atoms with Gasteiger partial charge in [0, 0.05) is 23.4 Å². The number of carbonyl (C=O) groups excluding carboxylic acids is 1. The van der Waals surface area contributed by atoms with Gasteiger partial charge in [-0.2, -0.15) is 0 Å². The summed E-state index contributed by atoms with van der Waals surface area (Å²) >= 11 is 7.38. The van der Waals surface area contributed by atoms with Crippen molar-refractivity contribution < 1.29 is 14.7 Å². The molecule has 1 aromatic carbocycles. The molecule has 0 radical (unpaired) electrons. The van der Waals surface area contributed by atoms with Crippen LogP contribution in [0.4, 0.5) is 0 Å². The molecule has 2 rings (SSSR count). The van der Waals surface area contributed by atoms with Gasteiger partial charge in [-0.3, -0.25) is 9.59 Å². The van der Waals surface area contributed by atoms with Gasteiger partial charge < -0.3 is 10.0 Å². The van der Waals surface area contributed by atoms with Crippen LogP contribution in [0.15, 0.2) is 24.3 Å². The summed E-state index contributed by atoms with van der Waals surface area (Å²) < 4.78 is 0. The monoisotopic (exact) mass is 341 g/mol. The van der Waals surface area contributed by atoms with Crippen LogP contribution in [-0.4, -0.2) is 40.2 Å². The Morgan fingerprint density at radius 3 is 2.68 bits per heavy atom. The van der Waals surface area contributed by atoms with Crippen LogP contribution in [0.2, 0.25) is 5.02 Å². The molecule has 1 saturated heterocycles. The SMILES string of the molecule is C[C@@H]1[C@H](C(=O)O)CCCN1C(=O)CSCc1ccc(Cl)cc1. The van der Waals surface area contributed by atoms with Crippen LogP contribution < -0.4 is 0 Å². The zero-order valence-electron chi connectivity index (χ0n) is 12.5. The smallest absolute Gasteiger partial charge is 0.308 e. The number of nitrogens with zero attached hydrogens (tertiary/aromatic N) is 1. The Bertz CT molecular complexity index is 535. The van der Waals surface area contributed by atoms with E-state index in [9.17, 15) is 14.7 Å². The molecule has 0 spiro atoms. The van der Waals surface area contributed by atoms with Crippen molar-refractivity contribution in [2.24, 2.45) is 5.92 Å². The predicted molar refractivity (Wildman–Crippen MR) is 89.1 cm³/mol. The second-order valence-corrected chi connectivity index (χ2v) is 6.96. The third-order valence-corrected chi connectivity index (χ3v) is 5.27. The summed E-state index contributed by atoms with van der Waals surface area (Å²) in [5, 5.41) is 9.90. The molecule has 0 aliphatic carbocycles. The fraction of sp³-hybridized carbons (Fsp3) is 0.500. The van der Waals surface area contributed by atoms with Gasteiger partial charge in [0.05, 0.1) is 11.7 Å². The van der Waals surface area contributed by atoms with Crippen molar-refractivity contribution in [1.82, 2.24) is 4.90 Å². The van der Waals surface area contributed by atoms with Crippen molar-refractivity contribution in [2.75, 3.05) is 12.3 Å². The van der Waals surface area contributed by atoms with Gasteiger partial charge in [0.15, 0.2) is 0 Å². The molecule has 1 aromatic rings. The molecule has 0 bridgehead atoms. The number of rotatable bonds is 5. The maximum absolute atomic E-state index is 12.3. The van der Waals surface area contributed by atoms with E-state index in [-0.39, 0.29) is 11.9 Å². The number of hydrogen-bond donors (Lipinski definition) is 1. The molecule has 0 aromatic heterocycles. The molecule has 1 N–H and O–H groups in total. The Labute approximate surface area is 139 Å². The largest absolute Gasteiger partial charge is 0.481 e. The van der Waals surface area contributed by atoms with Crippen molar-refractivity contribution >= 4 is 35.2 Å². The number of carboxylic acids is 1. The van der Waals surface area contributed by atoms with Crippen molar-refractivity contribution in [1.29, 1.82) is 0 Å². The second kappa shape index (κ2) is 7.88. The highest BCUT2D eigenvalue weighted by Crippen LogP contribution is 2.25. The molecule has 1 amide bonds. The molecule has 4 nitrogen and oxygen atoms in total. The number of likely N-dealkylation sites (tertiary alicyclic amines) is 1.